The van der Waals surface area contributed by atoms with Gasteiger partial charge in [0.25, 0.3) is 5.91 Å². The molecule has 2 aromatic rings. The summed E-state index contributed by atoms with van der Waals surface area (Å²) in [5.41, 5.74) is 6.09. The van der Waals surface area contributed by atoms with Gasteiger partial charge in [0.05, 0.1) is 6.04 Å². The van der Waals surface area contributed by atoms with Crippen LogP contribution in [0.3, 0.4) is 0 Å². The van der Waals surface area contributed by atoms with Gasteiger partial charge in [0, 0.05) is 24.8 Å². The maximum Gasteiger partial charge on any atom is 0.318 e. The number of aldehydes is 1. The maximum absolute atomic E-state index is 13.2. The zero-order valence-electron chi connectivity index (χ0n) is 24.1. The van der Waals surface area contributed by atoms with Crippen molar-refractivity contribution in [1.29, 1.82) is 0 Å². The highest BCUT2D eigenvalue weighted by atomic mass is 32.1. The second-order valence-corrected chi connectivity index (χ2v) is 10.2. The lowest BCUT2D eigenvalue weighted by Gasteiger charge is -2.32. The molecule has 0 saturated carbocycles. The molecule has 1 unspecified atom stereocenters. The number of Topliss-reactive ketones (excluding diaryl/α,β-unsaturated/α-hetero) is 1. The average Bonchev–Trinajstić information content (AvgIpc) is 3.27. The van der Waals surface area contributed by atoms with Crippen molar-refractivity contribution in [3.05, 3.63) is 77.4 Å². The van der Waals surface area contributed by atoms with Gasteiger partial charge < -0.3 is 30.8 Å². The largest absolute Gasteiger partial charge is 0.484 e. The second kappa shape index (κ2) is 17.3. The zero-order chi connectivity index (χ0) is 31.1. The van der Waals surface area contributed by atoms with Crippen LogP contribution in [0.4, 0.5) is 9.93 Å². The van der Waals surface area contributed by atoms with Gasteiger partial charge in [0.15, 0.2) is 17.5 Å². The number of carbonyl (C=O) groups is 5. The van der Waals surface area contributed by atoms with Gasteiger partial charge in [-0.3, -0.25) is 14.4 Å². The smallest absolute Gasteiger partial charge is 0.318 e. The van der Waals surface area contributed by atoms with Gasteiger partial charge in [-0.25, -0.2) is 9.78 Å². The minimum absolute atomic E-state index is 0.0655. The predicted molar refractivity (Wildman–Crippen MR) is 162 cm³/mol. The van der Waals surface area contributed by atoms with Gasteiger partial charge in [-0.2, -0.15) is 0 Å². The van der Waals surface area contributed by atoms with Crippen molar-refractivity contribution in [1.82, 2.24) is 15.2 Å². The molecule has 1 aromatic heterocycles. The molecule has 1 aliphatic rings. The van der Waals surface area contributed by atoms with E-state index in [1.807, 2.05) is 55.5 Å². The number of aromatic nitrogens is 1. The Bertz CT molecular complexity index is 1320. The van der Waals surface area contributed by atoms with Crippen LogP contribution in [-0.4, -0.2) is 65.5 Å². The Morgan fingerprint density at radius 2 is 1.88 bits per heavy atom. The molecule has 42 heavy (non-hydrogen) atoms. The Kier molecular flexibility index (Phi) is 13.8. The first kappa shape index (κ1) is 33.6. The van der Waals surface area contributed by atoms with E-state index in [0.717, 1.165) is 16.9 Å². The Balaban J connectivity index is 0.000000468. The number of likely N-dealkylation sites (N-methyl/N-ethyl adjacent to an activating group) is 1. The first-order valence-electron chi connectivity index (χ1n) is 13.3. The number of primary amides is 1. The summed E-state index contributed by atoms with van der Waals surface area (Å²) in [6.45, 7) is 5.10. The van der Waals surface area contributed by atoms with Crippen LogP contribution in [0.25, 0.3) is 0 Å². The highest BCUT2D eigenvalue weighted by Crippen LogP contribution is 2.25. The van der Waals surface area contributed by atoms with Crippen molar-refractivity contribution in [3.63, 3.8) is 0 Å². The molecule has 1 aromatic carbocycles. The van der Waals surface area contributed by atoms with Crippen molar-refractivity contribution in [2.24, 2.45) is 11.7 Å². The van der Waals surface area contributed by atoms with Crippen LogP contribution in [0.1, 0.15) is 44.1 Å². The molecule has 0 fully saturated rings. The third kappa shape index (κ3) is 10.8. The summed E-state index contributed by atoms with van der Waals surface area (Å²) in [5, 5.41) is 7.19. The molecular formula is C30H37N5O6S. The first-order chi connectivity index (χ1) is 20.1. The highest BCUT2D eigenvalue weighted by Gasteiger charge is 2.34. The van der Waals surface area contributed by atoms with E-state index in [1.165, 1.54) is 11.9 Å². The topological polar surface area (TPSA) is 161 Å². The van der Waals surface area contributed by atoms with Crippen molar-refractivity contribution in [2.75, 3.05) is 19.0 Å². The van der Waals surface area contributed by atoms with Crippen LogP contribution in [0.5, 0.6) is 5.75 Å². The number of hydrogen-bond donors (Lipinski definition) is 3. The SMILES string of the molecule is CCC(=O)c1csc(NC(=O)[C@H](C(C)C2=CCC=CC=C2)N(C)C(=O)N[C@H](C)C=O)n1.NC(=O)COc1ccccc1. The molecule has 0 spiro atoms. The molecule has 3 atom stereocenters. The van der Waals surface area contributed by atoms with E-state index in [9.17, 15) is 24.0 Å². The Hall–Kier alpha value is -4.58. The summed E-state index contributed by atoms with van der Waals surface area (Å²) < 4.78 is 4.99. The Morgan fingerprint density at radius 3 is 2.52 bits per heavy atom. The van der Waals surface area contributed by atoms with Gasteiger partial charge in [-0.1, -0.05) is 62.4 Å². The number of para-hydroxylation sites is 1. The van der Waals surface area contributed by atoms with E-state index in [2.05, 4.69) is 15.6 Å². The standard InChI is InChI=1S/C22H28N4O4S.C8H9NO2/c1-5-18(28)17-13-31-21(24-17)25-20(29)19(26(4)22(30)23-14(2)12-27)15(3)16-10-8-6-7-9-11-16;9-8(10)6-11-7-4-2-1-3-5-7/h6-8,10-15,19H,5,9H2,1-4H3,(H,23,30)(H,24,25,29);1-5H,6H2,(H2,9,10)/t14-,15?,19+;/m1./s1. The van der Waals surface area contributed by atoms with E-state index < -0.39 is 29.9 Å². The van der Waals surface area contributed by atoms with Crippen LogP contribution in [-0.2, 0) is 14.4 Å². The number of allylic oxidation sites excluding steroid dienone is 5. The summed E-state index contributed by atoms with van der Waals surface area (Å²) in [7, 11) is 1.51. The normalized spacial score (nSPS) is 14.0. The van der Waals surface area contributed by atoms with Crippen molar-refractivity contribution < 1.29 is 28.7 Å². The molecule has 3 rings (SSSR count). The minimum atomic E-state index is -0.873. The van der Waals surface area contributed by atoms with E-state index in [4.69, 9.17) is 10.5 Å². The van der Waals surface area contributed by atoms with E-state index in [-0.39, 0.29) is 18.3 Å². The number of benzene rings is 1. The molecule has 11 nitrogen and oxygen atoms in total. The van der Waals surface area contributed by atoms with Crippen molar-refractivity contribution in [2.45, 2.75) is 45.7 Å². The molecule has 0 bridgehead atoms. The lowest BCUT2D eigenvalue weighted by molar-refractivity contribution is -0.121. The summed E-state index contributed by atoms with van der Waals surface area (Å²) in [6, 6.07) is 6.97. The molecule has 4 amide bonds. The number of nitrogens with zero attached hydrogens (tertiary/aromatic N) is 2. The number of rotatable bonds is 12. The number of thiazole rings is 1. The number of anilines is 1. The number of hydrogen-bond acceptors (Lipinski definition) is 8. The number of nitrogens with two attached hydrogens (primary N) is 1. The van der Waals surface area contributed by atoms with Crippen LogP contribution < -0.4 is 21.1 Å². The monoisotopic (exact) mass is 595 g/mol. The summed E-state index contributed by atoms with van der Waals surface area (Å²) in [6.07, 6.45) is 11.4. The lowest BCUT2D eigenvalue weighted by atomic mass is 9.90. The number of urea groups is 1. The van der Waals surface area contributed by atoms with Gasteiger partial charge in [-0.05, 0) is 31.1 Å². The molecule has 4 N–H and O–H groups in total. The van der Waals surface area contributed by atoms with E-state index in [1.54, 1.807) is 31.4 Å². The van der Waals surface area contributed by atoms with Gasteiger partial charge in [0.2, 0.25) is 5.91 Å². The molecular weight excluding hydrogens is 558 g/mol. The number of ketones is 1. The minimum Gasteiger partial charge on any atom is -0.484 e. The number of carbonyl (C=O) groups excluding carboxylic acids is 5. The quantitative estimate of drug-likeness (QED) is 0.248. The third-order valence-electron chi connectivity index (χ3n) is 6.05. The van der Waals surface area contributed by atoms with Gasteiger partial charge in [-0.15, -0.1) is 11.3 Å². The molecule has 12 heteroatoms. The van der Waals surface area contributed by atoms with Crippen LogP contribution in [0.2, 0.25) is 0 Å². The molecule has 224 valence electrons. The molecule has 0 aliphatic heterocycles. The van der Waals surface area contributed by atoms with E-state index >= 15 is 0 Å². The van der Waals surface area contributed by atoms with Crippen LogP contribution in [0.15, 0.2) is 71.7 Å². The fourth-order valence-corrected chi connectivity index (χ4v) is 4.52. The number of amides is 4. The maximum atomic E-state index is 13.2. The highest BCUT2D eigenvalue weighted by molar-refractivity contribution is 7.14. The van der Waals surface area contributed by atoms with Gasteiger partial charge >= 0.3 is 6.03 Å². The summed E-state index contributed by atoms with van der Waals surface area (Å²) >= 11 is 1.16. The average molecular weight is 596 g/mol. The predicted octanol–water partition coefficient (Wildman–Crippen LogP) is 3.90. The van der Waals surface area contributed by atoms with E-state index in [0.29, 0.717) is 35.7 Å². The second-order valence-electron chi connectivity index (χ2n) is 9.32. The Labute approximate surface area is 249 Å². The first-order valence-corrected chi connectivity index (χ1v) is 14.2. The number of ether oxygens (including phenoxy) is 1. The molecule has 0 saturated heterocycles. The van der Waals surface area contributed by atoms with Crippen molar-refractivity contribution in [3.8, 4) is 5.75 Å². The summed E-state index contributed by atoms with van der Waals surface area (Å²) in [4.78, 5) is 64.4. The number of nitrogens with one attached hydrogen (secondary N) is 2. The molecule has 0 radical (unpaired) electrons. The van der Waals surface area contributed by atoms with Crippen LogP contribution in [0, 0.1) is 5.92 Å². The lowest BCUT2D eigenvalue weighted by Crippen LogP contribution is -2.53. The zero-order valence-corrected chi connectivity index (χ0v) is 24.9. The fourth-order valence-electron chi connectivity index (χ4n) is 3.80. The molecule has 1 heterocycles. The fraction of sp³-hybridized carbons (Fsp3) is 0.333. The van der Waals surface area contributed by atoms with Crippen molar-refractivity contribution >= 4 is 46.4 Å². The Morgan fingerprint density at radius 1 is 1.17 bits per heavy atom. The van der Waals surface area contributed by atoms with Crippen LogP contribution >= 0.6 is 11.3 Å². The van der Waals surface area contributed by atoms with Gasteiger partial charge in [0.1, 0.15) is 23.8 Å². The molecule has 1 aliphatic carbocycles. The summed E-state index contributed by atoms with van der Waals surface area (Å²) in [5.74, 6) is -0.683. The third-order valence-corrected chi connectivity index (χ3v) is 6.81.